The van der Waals surface area contributed by atoms with Gasteiger partial charge in [0.15, 0.2) is 0 Å². The summed E-state index contributed by atoms with van der Waals surface area (Å²) in [4.78, 5) is 13.2. The minimum atomic E-state index is -5.80. The zero-order valence-corrected chi connectivity index (χ0v) is 20.4. The van der Waals surface area contributed by atoms with Crippen LogP contribution in [0, 0.1) is 0 Å². The lowest BCUT2D eigenvalue weighted by Crippen LogP contribution is -2.41. The Balaban J connectivity index is 2.13. The molecule has 3 rings (SSSR count). The van der Waals surface area contributed by atoms with Crippen LogP contribution >= 0.6 is 21.9 Å². The summed E-state index contributed by atoms with van der Waals surface area (Å²) < 4.78 is 66.1. The number of esters is 1. The van der Waals surface area contributed by atoms with Crippen molar-refractivity contribution in [1.29, 1.82) is 0 Å². The highest BCUT2D eigenvalue weighted by molar-refractivity contribution is 8.33. The number of rotatable bonds is 11. The maximum atomic E-state index is 15.0. The molecule has 0 amide bonds. The molecule has 0 N–H and O–H groups in total. The number of carbonyl (C=O) groups is 1. The van der Waals surface area contributed by atoms with Crippen LogP contribution in [0.5, 0.6) is 0 Å². The second kappa shape index (κ2) is 11.3. The molecule has 5 nitrogen and oxygen atoms in total. The average molecular weight is 529 g/mol. The maximum Gasteiger partial charge on any atom is 0.466 e. The molecule has 0 heterocycles. The van der Waals surface area contributed by atoms with Gasteiger partial charge in [0.1, 0.15) is 0 Å². The lowest BCUT2D eigenvalue weighted by Gasteiger charge is -2.39. The molecule has 10 heteroatoms. The Morgan fingerprint density at radius 3 is 1.56 bits per heavy atom. The van der Waals surface area contributed by atoms with Crippen LogP contribution < -0.4 is 0 Å². The third kappa shape index (κ3) is 5.43. The number of benzene rings is 3. The largest absolute Gasteiger partial charge is 0.466 e. The van der Waals surface area contributed by atoms with E-state index in [2.05, 4.69) is 4.74 Å². The van der Waals surface area contributed by atoms with E-state index in [1.54, 1.807) is 91.0 Å². The molecule has 0 aromatic heterocycles. The van der Waals surface area contributed by atoms with Gasteiger partial charge in [-0.1, -0.05) is 54.6 Å². The molecule has 0 spiro atoms. The predicted octanol–water partition coefficient (Wildman–Crippen LogP) is 6.38. The van der Waals surface area contributed by atoms with E-state index in [1.165, 1.54) is 0 Å². The van der Waals surface area contributed by atoms with Gasteiger partial charge in [-0.15, -0.1) is 11.6 Å². The van der Waals surface area contributed by atoms with Crippen molar-refractivity contribution in [3.63, 3.8) is 0 Å². The van der Waals surface area contributed by atoms with E-state index >= 15 is 0 Å². The molecule has 3 aromatic carbocycles. The zero-order chi connectivity index (χ0) is 24.7. The number of alkyl halides is 3. The minimum Gasteiger partial charge on any atom is -0.460 e. The van der Waals surface area contributed by atoms with Crippen LogP contribution in [-0.4, -0.2) is 32.1 Å². The molecule has 0 saturated carbocycles. The number of unbranched alkanes of at least 4 members (excludes halogenated alkanes) is 1. The van der Waals surface area contributed by atoms with Crippen LogP contribution in [-0.2, 0) is 23.3 Å². The summed E-state index contributed by atoms with van der Waals surface area (Å²) in [5, 5.41) is -4.93. The van der Waals surface area contributed by atoms with Gasteiger partial charge < -0.3 is 4.74 Å². The molecular formula is C24H23ClF2O5S2. The van der Waals surface area contributed by atoms with Crippen molar-refractivity contribution >= 4 is 38.0 Å². The molecule has 34 heavy (non-hydrogen) atoms. The van der Waals surface area contributed by atoms with Crippen LogP contribution in [0.4, 0.5) is 8.78 Å². The highest BCUT2D eigenvalue weighted by atomic mass is 35.5. The standard InChI is InChI=1S/C24H23ClF2O5S2/c25-18-10-11-19-31-23(28)24(26,27)34(29,30)32-33(20-12-4-1-5-13-20,21-14-6-2-7-15-21)22-16-8-3-9-17-22/h1-9,12-17H,10-11,18-19H2. The maximum absolute atomic E-state index is 15.0. The fourth-order valence-corrected chi connectivity index (χ4v) is 8.34. The molecule has 0 radical (unpaired) electrons. The molecule has 182 valence electrons. The van der Waals surface area contributed by atoms with Crippen molar-refractivity contribution < 1.29 is 30.4 Å². The summed E-state index contributed by atoms with van der Waals surface area (Å²) >= 11 is 5.52. The van der Waals surface area contributed by atoms with E-state index in [0.717, 1.165) is 0 Å². The monoisotopic (exact) mass is 528 g/mol. The van der Waals surface area contributed by atoms with Crippen LogP contribution in [0.25, 0.3) is 0 Å². The average Bonchev–Trinajstić information content (AvgIpc) is 2.86. The number of ether oxygens (including phenoxy) is 1. The van der Waals surface area contributed by atoms with E-state index in [9.17, 15) is 22.0 Å². The van der Waals surface area contributed by atoms with E-state index in [4.69, 9.17) is 15.2 Å². The molecule has 0 saturated heterocycles. The van der Waals surface area contributed by atoms with Gasteiger partial charge in [-0.3, -0.25) is 0 Å². The van der Waals surface area contributed by atoms with E-state index in [-0.39, 0.29) is 18.9 Å². The fourth-order valence-electron chi connectivity index (χ4n) is 3.09. The summed E-state index contributed by atoms with van der Waals surface area (Å²) in [5.74, 6) is -1.93. The highest BCUT2D eigenvalue weighted by Gasteiger charge is 2.58. The molecule has 0 unspecified atom stereocenters. The second-order valence-corrected chi connectivity index (χ2v) is 11.9. The normalized spacial score (nSPS) is 12.8. The Morgan fingerprint density at radius 2 is 1.18 bits per heavy atom. The van der Waals surface area contributed by atoms with Crippen LogP contribution in [0.2, 0.25) is 0 Å². The molecule has 0 bridgehead atoms. The van der Waals surface area contributed by atoms with E-state index in [0.29, 0.717) is 21.1 Å². The van der Waals surface area contributed by atoms with Gasteiger partial charge in [0.2, 0.25) is 0 Å². The van der Waals surface area contributed by atoms with Crippen LogP contribution in [0.3, 0.4) is 0 Å². The third-order valence-electron chi connectivity index (χ3n) is 4.73. The molecule has 0 aliphatic rings. The third-order valence-corrected chi connectivity index (χ3v) is 10.1. The molecule has 3 aromatic rings. The summed E-state index contributed by atoms with van der Waals surface area (Å²) in [6.45, 7) is -0.384. The smallest absolute Gasteiger partial charge is 0.460 e. The van der Waals surface area contributed by atoms with Crippen molar-refractivity contribution in [2.45, 2.75) is 32.8 Å². The van der Waals surface area contributed by atoms with Crippen molar-refractivity contribution in [1.82, 2.24) is 0 Å². The van der Waals surface area contributed by atoms with Gasteiger partial charge in [-0.2, -0.15) is 17.2 Å². The van der Waals surface area contributed by atoms with Crippen molar-refractivity contribution in [2.75, 3.05) is 12.5 Å². The molecule has 0 atom stereocenters. The Labute approximate surface area is 204 Å². The Kier molecular flexibility index (Phi) is 8.70. The highest BCUT2D eigenvalue weighted by Crippen LogP contribution is 2.70. The predicted molar refractivity (Wildman–Crippen MR) is 128 cm³/mol. The van der Waals surface area contributed by atoms with E-state index < -0.39 is 31.7 Å². The lowest BCUT2D eigenvalue weighted by molar-refractivity contribution is -0.161. The Morgan fingerprint density at radius 1 is 0.765 bits per heavy atom. The molecular weight excluding hydrogens is 506 g/mol. The number of halogens is 3. The number of hydrogen-bond donors (Lipinski definition) is 0. The van der Waals surface area contributed by atoms with Gasteiger partial charge in [0, 0.05) is 20.6 Å². The zero-order valence-electron chi connectivity index (χ0n) is 18.0. The Bertz CT molecular complexity index is 1080. The topological polar surface area (TPSA) is 69.7 Å². The van der Waals surface area contributed by atoms with Gasteiger partial charge in [-0.05, 0) is 59.5 Å². The fraction of sp³-hybridized carbons (Fsp3) is 0.208. The van der Waals surface area contributed by atoms with Gasteiger partial charge in [-0.25, -0.2) is 8.42 Å². The first-order chi connectivity index (χ1) is 16.3. The van der Waals surface area contributed by atoms with Crippen molar-refractivity contribution in [3.8, 4) is 0 Å². The van der Waals surface area contributed by atoms with Crippen LogP contribution in [0.15, 0.2) is 106 Å². The number of hydrogen-bond acceptors (Lipinski definition) is 5. The van der Waals surface area contributed by atoms with Crippen molar-refractivity contribution in [2.24, 2.45) is 0 Å². The molecule has 0 aliphatic carbocycles. The summed E-state index contributed by atoms with van der Waals surface area (Å²) in [5.41, 5.74) is 0. The first-order valence-corrected chi connectivity index (χ1v) is 13.8. The molecule has 0 fully saturated rings. The van der Waals surface area contributed by atoms with Gasteiger partial charge in [0.05, 0.1) is 6.61 Å². The SMILES string of the molecule is O=C(OCCCCCl)C(F)(F)S(=O)(=O)OS(c1ccccc1)(c1ccccc1)c1ccccc1. The lowest BCUT2D eigenvalue weighted by atomic mass is 10.4. The number of carbonyl (C=O) groups excluding carboxylic acids is 1. The first kappa shape index (κ1) is 26.2. The van der Waals surface area contributed by atoms with E-state index in [1.807, 2.05) is 0 Å². The second-order valence-electron chi connectivity index (χ2n) is 7.07. The quantitative estimate of drug-likeness (QED) is 0.164. The summed E-state index contributed by atoms with van der Waals surface area (Å²) in [6, 6.07) is 24.7. The Hall–Kier alpha value is -2.46. The summed E-state index contributed by atoms with van der Waals surface area (Å²) in [6.07, 6.45) is 0.645. The van der Waals surface area contributed by atoms with Crippen LogP contribution in [0.1, 0.15) is 12.8 Å². The first-order valence-electron chi connectivity index (χ1n) is 10.3. The molecule has 0 aliphatic heterocycles. The van der Waals surface area contributed by atoms with Gasteiger partial charge >= 0.3 is 21.3 Å². The van der Waals surface area contributed by atoms with Gasteiger partial charge in [0.25, 0.3) is 0 Å². The van der Waals surface area contributed by atoms with Crippen molar-refractivity contribution in [3.05, 3.63) is 91.0 Å². The minimum absolute atomic E-state index is 0.222. The summed E-state index contributed by atoms with van der Waals surface area (Å²) in [7, 11) is -9.03.